The van der Waals surface area contributed by atoms with Gasteiger partial charge >= 0.3 is 5.97 Å². The number of piperidine rings is 1. The molecule has 1 N–H and O–H groups in total. The van der Waals surface area contributed by atoms with Crippen LogP contribution in [0.1, 0.15) is 36.4 Å². The second kappa shape index (κ2) is 8.39. The van der Waals surface area contributed by atoms with E-state index in [-0.39, 0.29) is 6.04 Å². The first-order chi connectivity index (χ1) is 14.1. The lowest BCUT2D eigenvalue weighted by atomic mass is 9.89. The summed E-state index contributed by atoms with van der Waals surface area (Å²) in [5.41, 5.74) is 2.74. The number of hydrogen-bond donors (Lipinski definition) is 1. The lowest BCUT2D eigenvalue weighted by Crippen LogP contribution is -2.47. The molecule has 0 spiro atoms. The van der Waals surface area contributed by atoms with E-state index in [1.54, 1.807) is 19.4 Å². The van der Waals surface area contributed by atoms with Crippen LogP contribution in [0, 0.1) is 0 Å². The van der Waals surface area contributed by atoms with Crippen molar-refractivity contribution in [3.8, 4) is 5.75 Å². The Labute approximate surface area is 174 Å². The van der Waals surface area contributed by atoms with Crippen molar-refractivity contribution >= 4 is 28.5 Å². The predicted octanol–water partition coefficient (Wildman–Crippen LogP) is 4.93. The van der Waals surface area contributed by atoms with Crippen LogP contribution in [0.3, 0.4) is 0 Å². The number of aromatic nitrogens is 1. The van der Waals surface area contributed by atoms with E-state index in [9.17, 15) is 9.90 Å². The third kappa shape index (κ3) is 3.80. The Morgan fingerprint density at radius 2 is 2.03 bits per heavy atom. The van der Waals surface area contributed by atoms with E-state index in [4.69, 9.17) is 16.3 Å². The van der Waals surface area contributed by atoms with E-state index in [0.29, 0.717) is 23.7 Å². The van der Waals surface area contributed by atoms with Crippen LogP contribution < -0.4 is 4.74 Å². The summed E-state index contributed by atoms with van der Waals surface area (Å²) in [6.45, 7) is 0.688. The summed E-state index contributed by atoms with van der Waals surface area (Å²) in [7, 11) is 1.62. The quantitative estimate of drug-likeness (QED) is 0.646. The number of likely N-dealkylation sites (tertiary alicyclic amines) is 1. The average molecular weight is 411 g/mol. The van der Waals surface area contributed by atoms with Gasteiger partial charge in [0.05, 0.1) is 18.7 Å². The highest BCUT2D eigenvalue weighted by atomic mass is 35.5. The number of carboxylic acid groups (broad SMARTS) is 1. The average Bonchev–Trinajstić information content (AvgIpc) is 2.74. The number of para-hydroxylation sites is 1. The van der Waals surface area contributed by atoms with Crippen LogP contribution in [0.5, 0.6) is 5.75 Å². The SMILES string of the molecule is COc1ccc(Cl)cc1C(c1ccnc2ccccc12)N1CCCCC1C(=O)O. The third-order valence-electron chi connectivity index (χ3n) is 5.62. The van der Waals surface area contributed by atoms with Gasteiger partial charge in [0.1, 0.15) is 11.8 Å². The maximum absolute atomic E-state index is 12.1. The highest BCUT2D eigenvalue weighted by Gasteiger charge is 2.37. The minimum Gasteiger partial charge on any atom is -0.496 e. The number of nitrogens with zero attached hydrogens (tertiary/aromatic N) is 2. The molecule has 1 aliphatic rings. The number of fused-ring (bicyclic) bond motifs is 1. The first-order valence-electron chi connectivity index (χ1n) is 9.76. The van der Waals surface area contributed by atoms with Crippen LogP contribution in [-0.4, -0.2) is 40.7 Å². The molecule has 1 saturated heterocycles. The van der Waals surface area contributed by atoms with Crippen molar-refractivity contribution in [3.63, 3.8) is 0 Å². The Kier molecular flexibility index (Phi) is 5.69. The van der Waals surface area contributed by atoms with Crippen molar-refractivity contribution in [2.45, 2.75) is 31.3 Å². The molecule has 6 heteroatoms. The number of pyridine rings is 1. The topological polar surface area (TPSA) is 62.7 Å². The van der Waals surface area contributed by atoms with Gasteiger partial charge in [-0.2, -0.15) is 0 Å². The Morgan fingerprint density at radius 3 is 2.83 bits per heavy atom. The van der Waals surface area contributed by atoms with Gasteiger partial charge in [-0.25, -0.2) is 0 Å². The molecule has 2 atom stereocenters. The molecule has 2 unspecified atom stereocenters. The molecule has 3 aromatic rings. The molecule has 0 aliphatic carbocycles. The normalized spacial score (nSPS) is 18.5. The Morgan fingerprint density at radius 1 is 1.21 bits per heavy atom. The molecular weight excluding hydrogens is 388 g/mol. The summed E-state index contributed by atoms with van der Waals surface area (Å²) in [5.74, 6) is -0.107. The third-order valence-corrected chi connectivity index (χ3v) is 5.86. The minimum absolute atomic E-state index is 0.307. The number of rotatable bonds is 5. The molecule has 1 aromatic heterocycles. The van der Waals surface area contributed by atoms with Gasteiger partial charge < -0.3 is 9.84 Å². The predicted molar refractivity (Wildman–Crippen MR) is 114 cm³/mol. The van der Waals surface area contributed by atoms with Gasteiger partial charge in [-0.15, -0.1) is 0 Å². The molecule has 1 aliphatic heterocycles. The molecule has 0 bridgehead atoms. The fourth-order valence-corrected chi connectivity index (χ4v) is 4.51. The van der Waals surface area contributed by atoms with Gasteiger partial charge in [0.25, 0.3) is 0 Å². The Balaban J connectivity index is 1.97. The largest absolute Gasteiger partial charge is 0.496 e. The van der Waals surface area contributed by atoms with E-state index >= 15 is 0 Å². The molecule has 4 rings (SSSR count). The smallest absolute Gasteiger partial charge is 0.320 e. The van der Waals surface area contributed by atoms with Crippen LogP contribution in [0.2, 0.25) is 5.02 Å². The van der Waals surface area contributed by atoms with Crippen LogP contribution in [-0.2, 0) is 4.79 Å². The van der Waals surface area contributed by atoms with Crippen LogP contribution in [0.25, 0.3) is 10.9 Å². The highest BCUT2D eigenvalue weighted by Crippen LogP contribution is 2.41. The number of carbonyl (C=O) groups is 1. The molecule has 1 fully saturated rings. The summed E-state index contributed by atoms with van der Waals surface area (Å²) in [6.07, 6.45) is 4.26. The Hall–Kier alpha value is -2.63. The Bertz CT molecular complexity index is 1030. The van der Waals surface area contributed by atoms with Crippen molar-refractivity contribution in [3.05, 3.63) is 70.9 Å². The van der Waals surface area contributed by atoms with Gasteiger partial charge in [0, 0.05) is 22.2 Å². The van der Waals surface area contributed by atoms with E-state index in [0.717, 1.165) is 34.9 Å². The molecular formula is C23H23ClN2O3. The first kappa shape index (κ1) is 19.7. The second-order valence-corrected chi connectivity index (χ2v) is 7.73. The van der Waals surface area contributed by atoms with Crippen LogP contribution >= 0.6 is 11.6 Å². The lowest BCUT2D eigenvalue weighted by Gasteiger charge is -2.40. The van der Waals surface area contributed by atoms with E-state index in [1.165, 1.54) is 0 Å². The number of aliphatic carboxylic acids is 1. The number of ether oxygens (including phenoxy) is 1. The lowest BCUT2D eigenvalue weighted by molar-refractivity contribution is -0.145. The minimum atomic E-state index is -0.797. The van der Waals surface area contributed by atoms with Crippen molar-refractivity contribution < 1.29 is 14.6 Å². The number of methoxy groups -OCH3 is 1. The van der Waals surface area contributed by atoms with E-state index in [2.05, 4.69) is 9.88 Å². The standard InChI is InChI=1S/C23H23ClN2O3/c1-29-21-10-9-15(24)14-18(21)22(26-13-5-4-8-20(26)23(27)28)17-11-12-25-19-7-3-2-6-16(17)19/h2-3,6-7,9-12,14,20,22H,4-5,8,13H2,1H3,(H,27,28). The highest BCUT2D eigenvalue weighted by molar-refractivity contribution is 6.30. The molecule has 29 heavy (non-hydrogen) atoms. The van der Waals surface area contributed by atoms with Gasteiger partial charge in [-0.1, -0.05) is 36.2 Å². The number of carboxylic acids is 1. The summed E-state index contributed by atoms with van der Waals surface area (Å²) < 4.78 is 5.65. The van der Waals surface area contributed by atoms with Crippen LogP contribution in [0.4, 0.5) is 0 Å². The molecule has 5 nitrogen and oxygen atoms in total. The maximum atomic E-state index is 12.1. The summed E-state index contributed by atoms with van der Waals surface area (Å²) in [6, 6.07) is 14.5. The summed E-state index contributed by atoms with van der Waals surface area (Å²) in [5, 5.41) is 11.5. The van der Waals surface area contributed by atoms with Crippen molar-refractivity contribution in [1.29, 1.82) is 0 Å². The van der Waals surface area contributed by atoms with Gasteiger partial charge in [0.2, 0.25) is 0 Å². The molecule has 150 valence electrons. The number of halogens is 1. The first-order valence-corrected chi connectivity index (χ1v) is 10.1. The van der Waals surface area contributed by atoms with Crippen LogP contribution in [0.15, 0.2) is 54.7 Å². The molecule has 2 aromatic carbocycles. The van der Waals surface area contributed by atoms with Crippen molar-refractivity contribution in [2.24, 2.45) is 0 Å². The van der Waals surface area contributed by atoms with E-state index in [1.807, 2.05) is 42.5 Å². The van der Waals surface area contributed by atoms with Gasteiger partial charge in [-0.3, -0.25) is 14.7 Å². The van der Waals surface area contributed by atoms with Gasteiger partial charge in [0.15, 0.2) is 0 Å². The zero-order chi connectivity index (χ0) is 20.4. The zero-order valence-corrected chi connectivity index (χ0v) is 17.0. The molecule has 0 amide bonds. The summed E-state index contributed by atoms with van der Waals surface area (Å²) >= 11 is 6.36. The summed E-state index contributed by atoms with van der Waals surface area (Å²) in [4.78, 5) is 18.7. The monoisotopic (exact) mass is 410 g/mol. The molecule has 2 heterocycles. The maximum Gasteiger partial charge on any atom is 0.320 e. The molecule has 0 saturated carbocycles. The zero-order valence-electron chi connectivity index (χ0n) is 16.2. The van der Waals surface area contributed by atoms with Gasteiger partial charge in [-0.05, 0) is 55.3 Å². The van der Waals surface area contributed by atoms with E-state index < -0.39 is 12.0 Å². The van der Waals surface area contributed by atoms with Crippen molar-refractivity contribution in [2.75, 3.05) is 13.7 Å². The fraction of sp³-hybridized carbons (Fsp3) is 0.304. The molecule has 0 radical (unpaired) electrons. The number of benzene rings is 2. The van der Waals surface area contributed by atoms with Crippen molar-refractivity contribution in [1.82, 2.24) is 9.88 Å². The number of hydrogen-bond acceptors (Lipinski definition) is 4. The second-order valence-electron chi connectivity index (χ2n) is 7.29. The fourth-order valence-electron chi connectivity index (χ4n) is 4.33.